The van der Waals surface area contributed by atoms with E-state index in [9.17, 15) is 18.0 Å². The van der Waals surface area contributed by atoms with Gasteiger partial charge in [0.2, 0.25) is 5.91 Å². The Morgan fingerprint density at radius 3 is 2.45 bits per heavy atom. The third-order valence-corrected chi connectivity index (χ3v) is 4.75. The number of amides is 1. The lowest BCUT2D eigenvalue weighted by Gasteiger charge is -2.14. The van der Waals surface area contributed by atoms with Crippen molar-refractivity contribution in [1.29, 1.82) is 0 Å². The van der Waals surface area contributed by atoms with Crippen molar-refractivity contribution in [3.63, 3.8) is 0 Å². The number of carboxylic acid groups (broad SMARTS) is 1. The molecule has 0 saturated carbocycles. The Labute approximate surface area is 125 Å². The molecule has 6 nitrogen and oxygen atoms in total. The Kier molecular flexibility index (Phi) is 5.38. The zero-order chi connectivity index (χ0) is 15.5. The summed E-state index contributed by atoms with van der Waals surface area (Å²) in [5.74, 6) is -2.92. The molecule has 0 aromatic heterocycles. The van der Waals surface area contributed by atoms with E-state index in [1.165, 1.54) is 12.1 Å². The van der Waals surface area contributed by atoms with E-state index in [0.29, 0.717) is 0 Å². The van der Waals surface area contributed by atoms with E-state index in [1.807, 2.05) is 5.32 Å². The second-order valence-electron chi connectivity index (χ2n) is 3.95. The van der Waals surface area contributed by atoms with E-state index >= 15 is 0 Å². The third-order valence-electron chi connectivity index (χ3n) is 2.29. The number of hydrogen-bond acceptors (Lipinski definition) is 4. The van der Waals surface area contributed by atoms with Gasteiger partial charge in [0.15, 0.2) is 9.84 Å². The molecule has 1 rings (SSSR count). The van der Waals surface area contributed by atoms with Crippen LogP contribution in [-0.2, 0) is 19.4 Å². The first-order valence-corrected chi connectivity index (χ1v) is 7.72. The SMILES string of the molecule is CC(=O)NC(CS(=O)(=O)c1cc(Cl)ccc1Cl)C(=O)O. The number of carboxylic acids is 1. The first kappa shape index (κ1) is 16.7. The van der Waals surface area contributed by atoms with E-state index in [0.717, 1.165) is 13.0 Å². The van der Waals surface area contributed by atoms with Crippen LogP contribution in [0.25, 0.3) is 0 Å². The van der Waals surface area contributed by atoms with Gasteiger partial charge >= 0.3 is 5.97 Å². The molecule has 0 aliphatic heterocycles. The van der Waals surface area contributed by atoms with Gasteiger partial charge in [-0.2, -0.15) is 0 Å². The Morgan fingerprint density at radius 1 is 1.35 bits per heavy atom. The largest absolute Gasteiger partial charge is 0.480 e. The molecule has 1 aromatic rings. The number of sulfone groups is 1. The van der Waals surface area contributed by atoms with E-state index in [2.05, 4.69) is 0 Å². The van der Waals surface area contributed by atoms with Gasteiger partial charge in [0.05, 0.1) is 15.7 Å². The number of halogens is 2. The summed E-state index contributed by atoms with van der Waals surface area (Å²) >= 11 is 11.5. The lowest BCUT2D eigenvalue weighted by molar-refractivity contribution is -0.140. The van der Waals surface area contributed by atoms with Gasteiger partial charge in [-0.1, -0.05) is 23.2 Å². The van der Waals surface area contributed by atoms with Gasteiger partial charge in [0.1, 0.15) is 6.04 Å². The molecule has 110 valence electrons. The van der Waals surface area contributed by atoms with Gasteiger partial charge in [-0.25, -0.2) is 13.2 Å². The molecule has 0 spiro atoms. The van der Waals surface area contributed by atoms with Crippen molar-refractivity contribution in [2.24, 2.45) is 0 Å². The van der Waals surface area contributed by atoms with E-state index in [1.54, 1.807) is 0 Å². The van der Waals surface area contributed by atoms with Crippen LogP contribution in [0.1, 0.15) is 6.92 Å². The van der Waals surface area contributed by atoms with Crippen molar-refractivity contribution < 1.29 is 23.1 Å². The minimum atomic E-state index is -4.02. The molecule has 20 heavy (non-hydrogen) atoms. The summed E-state index contributed by atoms with van der Waals surface area (Å²) in [6.45, 7) is 1.09. The first-order valence-electron chi connectivity index (χ1n) is 5.31. The normalized spacial score (nSPS) is 12.8. The molecule has 0 radical (unpaired) electrons. The van der Waals surface area contributed by atoms with Crippen LogP contribution in [0.3, 0.4) is 0 Å². The van der Waals surface area contributed by atoms with Crippen LogP contribution in [0, 0.1) is 0 Å². The maximum Gasteiger partial charge on any atom is 0.327 e. The van der Waals surface area contributed by atoms with Crippen LogP contribution in [0.5, 0.6) is 0 Å². The van der Waals surface area contributed by atoms with Crippen LogP contribution in [0.4, 0.5) is 0 Å². The van der Waals surface area contributed by atoms with E-state index < -0.39 is 33.5 Å². The molecular weight excluding hydrogens is 329 g/mol. The molecule has 1 amide bonds. The van der Waals surface area contributed by atoms with Crippen molar-refractivity contribution in [3.05, 3.63) is 28.2 Å². The number of nitrogens with one attached hydrogen (secondary N) is 1. The predicted molar refractivity (Wildman–Crippen MR) is 73.8 cm³/mol. The second-order valence-corrected chi connectivity index (χ2v) is 6.79. The van der Waals surface area contributed by atoms with Crippen molar-refractivity contribution >= 4 is 44.9 Å². The third kappa shape index (κ3) is 4.36. The highest BCUT2D eigenvalue weighted by Gasteiger charge is 2.28. The fraction of sp³-hybridized carbons (Fsp3) is 0.273. The molecule has 1 atom stereocenters. The maximum absolute atomic E-state index is 12.1. The van der Waals surface area contributed by atoms with Crippen molar-refractivity contribution in [3.8, 4) is 0 Å². The zero-order valence-electron chi connectivity index (χ0n) is 10.3. The Balaban J connectivity index is 3.12. The summed E-state index contributed by atoms with van der Waals surface area (Å²) < 4.78 is 24.3. The van der Waals surface area contributed by atoms with Crippen molar-refractivity contribution in [2.45, 2.75) is 17.9 Å². The van der Waals surface area contributed by atoms with Crippen molar-refractivity contribution in [1.82, 2.24) is 5.32 Å². The van der Waals surface area contributed by atoms with Crippen LogP contribution in [0.2, 0.25) is 10.0 Å². The molecular formula is C11H11Cl2NO5S. The Hall–Kier alpha value is -1.31. The fourth-order valence-corrected chi connectivity index (χ4v) is 3.67. The summed E-state index contributed by atoms with van der Waals surface area (Å²) in [6, 6.07) is 2.27. The van der Waals surface area contributed by atoms with Gasteiger partial charge in [-0.15, -0.1) is 0 Å². The van der Waals surface area contributed by atoms with Crippen LogP contribution >= 0.6 is 23.2 Å². The van der Waals surface area contributed by atoms with Crippen LogP contribution in [0.15, 0.2) is 23.1 Å². The molecule has 0 aliphatic rings. The van der Waals surface area contributed by atoms with Crippen LogP contribution in [-0.4, -0.2) is 37.2 Å². The summed E-state index contributed by atoms with van der Waals surface area (Å²) in [5, 5.41) is 11.0. The Morgan fingerprint density at radius 2 is 1.95 bits per heavy atom. The van der Waals surface area contributed by atoms with E-state index in [4.69, 9.17) is 28.3 Å². The molecule has 1 aromatic carbocycles. The topological polar surface area (TPSA) is 101 Å². The number of carbonyl (C=O) groups is 2. The predicted octanol–water partition coefficient (Wildman–Crippen LogP) is 1.36. The summed E-state index contributed by atoms with van der Waals surface area (Å²) in [4.78, 5) is 21.6. The fourth-order valence-electron chi connectivity index (χ4n) is 1.44. The molecule has 0 bridgehead atoms. The summed E-state index contributed by atoms with van der Waals surface area (Å²) in [6.07, 6.45) is 0. The molecule has 9 heteroatoms. The number of carbonyl (C=O) groups excluding carboxylic acids is 1. The average molecular weight is 340 g/mol. The maximum atomic E-state index is 12.1. The first-order chi connectivity index (χ1) is 9.13. The summed E-state index contributed by atoms with van der Waals surface area (Å²) in [7, 11) is -4.02. The van der Waals surface area contributed by atoms with Crippen molar-refractivity contribution in [2.75, 3.05) is 5.75 Å². The number of rotatable bonds is 5. The number of benzene rings is 1. The summed E-state index contributed by atoms with van der Waals surface area (Å²) in [5.41, 5.74) is 0. The highest BCUT2D eigenvalue weighted by atomic mass is 35.5. The molecule has 0 fully saturated rings. The smallest absolute Gasteiger partial charge is 0.327 e. The van der Waals surface area contributed by atoms with Gasteiger partial charge < -0.3 is 10.4 Å². The zero-order valence-corrected chi connectivity index (χ0v) is 12.6. The minimum absolute atomic E-state index is 0.0682. The monoisotopic (exact) mass is 339 g/mol. The Bertz CT molecular complexity index is 644. The molecule has 0 saturated heterocycles. The second kappa shape index (κ2) is 6.43. The van der Waals surface area contributed by atoms with Gasteiger partial charge in [0, 0.05) is 11.9 Å². The highest BCUT2D eigenvalue weighted by Crippen LogP contribution is 2.26. The highest BCUT2D eigenvalue weighted by molar-refractivity contribution is 7.91. The van der Waals surface area contributed by atoms with E-state index in [-0.39, 0.29) is 14.9 Å². The molecule has 0 heterocycles. The molecule has 1 unspecified atom stereocenters. The number of aliphatic carboxylic acids is 1. The quantitative estimate of drug-likeness (QED) is 0.843. The van der Waals surface area contributed by atoms with Gasteiger partial charge in [-0.05, 0) is 18.2 Å². The average Bonchev–Trinajstić information content (AvgIpc) is 2.30. The number of hydrogen-bond donors (Lipinski definition) is 2. The van der Waals surface area contributed by atoms with Gasteiger partial charge in [0.25, 0.3) is 0 Å². The van der Waals surface area contributed by atoms with Crippen LogP contribution < -0.4 is 5.32 Å². The van der Waals surface area contributed by atoms with Gasteiger partial charge in [-0.3, -0.25) is 4.79 Å². The molecule has 2 N–H and O–H groups in total. The standard InChI is InChI=1S/C11H11Cl2NO5S/c1-6(15)14-9(11(16)17)5-20(18,19)10-4-7(12)2-3-8(10)13/h2-4,9H,5H2,1H3,(H,14,15)(H,16,17). The minimum Gasteiger partial charge on any atom is -0.480 e. The lowest BCUT2D eigenvalue weighted by atomic mass is 10.3. The lowest BCUT2D eigenvalue weighted by Crippen LogP contribution is -2.44. The molecule has 0 aliphatic carbocycles.